The predicted molar refractivity (Wildman–Crippen MR) is 110 cm³/mol. The zero-order chi connectivity index (χ0) is 20.4. The number of carbonyl (C=O) groups is 2. The molecule has 2 aliphatic rings. The molecular formula is C23H26N2O4. The summed E-state index contributed by atoms with van der Waals surface area (Å²) < 4.78 is 10.7. The van der Waals surface area contributed by atoms with Gasteiger partial charge in [0, 0.05) is 31.3 Å². The first-order valence-electron chi connectivity index (χ1n) is 10.0. The number of aryl methyl sites for hydroxylation is 3. The maximum Gasteiger partial charge on any atom is 0.231 e. The third kappa shape index (κ3) is 4.21. The molecule has 4 rings (SSSR count). The zero-order valence-corrected chi connectivity index (χ0v) is 16.9. The predicted octanol–water partition coefficient (Wildman–Crippen LogP) is 3.13. The van der Waals surface area contributed by atoms with Crippen molar-refractivity contribution in [1.29, 1.82) is 0 Å². The fraction of sp³-hybridized carbons (Fsp3) is 0.391. The molecular weight excluding hydrogens is 368 g/mol. The first-order valence-corrected chi connectivity index (χ1v) is 10.0. The average molecular weight is 394 g/mol. The van der Waals surface area contributed by atoms with E-state index < -0.39 is 0 Å². The van der Waals surface area contributed by atoms with Crippen molar-refractivity contribution in [3.63, 3.8) is 0 Å². The lowest BCUT2D eigenvalue weighted by molar-refractivity contribution is -0.126. The molecule has 29 heavy (non-hydrogen) atoms. The SMILES string of the molecule is Cc1ccc(CCCNC(=O)[C@H]2CC(=O)N(c3ccc4c(c3)OCO4)C2)c(C)c1. The van der Waals surface area contributed by atoms with Crippen LogP contribution in [0, 0.1) is 19.8 Å². The molecule has 2 aliphatic heterocycles. The monoisotopic (exact) mass is 394 g/mol. The quantitative estimate of drug-likeness (QED) is 0.765. The number of nitrogens with zero attached hydrogens (tertiary/aromatic N) is 1. The molecule has 0 radical (unpaired) electrons. The van der Waals surface area contributed by atoms with Crippen LogP contribution in [0.1, 0.15) is 29.5 Å². The largest absolute Gasteiger partial charge is 0.454 e. The van der Waals surface area contributed by atoms with Crippen LogP contribution in [-0.4, -0.2) is 31.7 Å². The Balaban J connectivity index is 1.28. The molecule has 0 unspecified atom stereocenters. The molecule has 2 amide bonds. The Hall–Kier alpha value is -3.02. The number of hydrogen-bond acceptors (Lipinski definition) is 4. The van der Waals surface area contributed by atoms with Gasteiger partial charge in [0.2, 0.25) is 18.6 Å². The van der Waals surface area contributed by atoms with Crippen LogP contribution in [0.4, 0.5) is 5.69 Å². The van der Waals surface area contributed by atoms with Crippen molar-refractivity contribution in [2.45, 2.75) is 33.1 Å². The third-order valence-corrected chi connectivity index (χ3v) is 5.58. The van der Waals surface area contributed by atoms with Crippen LogP contribution in [-0.2, 0) is 16.0 Å². The summed E-state index contributed by atoms with van der Waals surface area (Å²) >= 11 is 0. The minimum atomic E-state index is -0.325. The highest BCUT2D eigenvalue weighted by molar-refractivity contribution is 6.00. The second kappa shape index (κ2) is 8.15. The average Bonchev–Trinajstić information content (AvgIpc) is 3.32. The Morgan fingerprint density at radius 1 is 1.14 bits per heavy atom. The molecule has 0 bridgehead atoms. The molecule has 2 aromatic carbocycles. The highest BCUT2D eigenvalue weighted by Gasteiger charge is 2.35. The van der Waals surface area contributed by atoms with Gasteiger partial charge in [-0.25, -0.2) is 0 Å². The summed E-state index contributed by atoms with van der Waals surface area (Å²) in [6.45, 7) is 5.41. The van der Waals surface area contributed by atoms with E-state index >= 15 is 0 Å². The summed E-state index contributed by atoms with van der Waals surface area (Å²) in [5.74, 6) is 0.892. The summed E-state index contributed by atoms with van der Waals surface area (Å²) in [6, 6.07) is 11.9. The molecule has 0 saturated carbocycles. The van der Waals surface area contributed by atoms with Crippen molar-refractivity contribution in [3.8, 4) is 11.5 Å². The van der Waals surface area contributed by atoms with Crippen molar-refractivity contribution in [3.05, 3.63) is 53.1 Å². The number of benzene rings is 2. The smallest absolute Gasteiger partial charge is 0.231 e. The lowest BCUT2D eigenvalue weighted by Gasteiger charge is -2.17. The molecule has 1 fully saturated rings. The number of hydrogen-bond donors (Lipinski definition) is 1. The van der Waals surface area contributed by atoms with Crippen LogP contribution in [0.15, 0.2) is 36.4 Å². The topological polar surface area (TPSA) is 67.9 Å². The van der Waals surface area contributed by atoms with E-state index in [9.17, 15) is 9.59 Å². The maximum atomic E-state index is 12.5. The second-order valence-corrected chi connectivity index (χ2v) is 7.77. The summed E-state index contributed by atoms with van der Waals surface area (Å²) in [6.07, 6.45) is 2.04. The first-order chi connectivity index (χ1) is 14.0. The van der Waals surface area contributed by atoms with Crippen LogP contribution < -0.4 is 19.7 Å². The van der Waals surface area contributed by atoms with E-state index in [0.717, 1.165) is 18.5 Å². The lowest BCUT2D eigenvalue weighted by Crippen LogP contribution is -2.33. The molecule has 1 saturated heterocycles. The Morgan fingerprint density at radius 3 is 2.79 bits per heavy atom. The Kier molecular flexibility index (Phi) is 5.43. The van der Waals surface area contributed by atoms with Gasteiger partial charge in [0.05, 0.1) is 5.92 Å². The zero-order valence-electron chi connectivity index (χ0n) is 16.9. The van der Waals surface area contributed by atoms with E-state index in [1.165, 1.54) is 16.7 Å². The Labute approximate surface area is 170 Å². The van der Waals surface area contributed by atoms with E-state index in [0.29, 0.717) is 24.6 Å². The first kappa shape index (κ1) is 19.3. The van der Waals surface area contributed by atoms with Crippen molar-refractivity contribution in [2.75, 3.05) is 24.8 Å². The second-order valence-electron chi connectivity index (χ2n) is 7.77. The molecule has 152 valence electrons. The highest BCUT2D eigenvalue weighted by atomic mass is 16.7. The van der Waals surface area contributed by atoms with E-state index in [2.05, 4.69) is 37.4 Å². The summed E-state index contributed by atoms with van der Waals surface area (Å²) in [5, 5.41) is 3.00. The van der Waals surface area contributed by atoms with Gasteiger partial charge in [0.1, 0.15) is 0 Å². The number of carbonyl (C=O) groups excluding carboxylic acids is 2. The summed E-state index contributed by atoms with van der Waals surface area (Å²) in [5.41, 5.74) is 4.61. The number of fused-ring (bicyclic) bond motifs is 1. The molecule has 0 aliphatic carbocycles. The molecule has 1 N–H and O–H groups in total. The van der Waals surface area contributed by atoms with E-state index in [1.54, 1.807) is 17.0 Å². The van der Waals surface area contributed by atoms with Crippen LogP contribution in [0.5, 0.6) is 11.5 Å². The van der Waals surface area contributed by atoms with Crippen LogP contribution in [0.3, 0.4) is 0 Å². The summed E-state index contributed by atoms with van der Waals surface area (Å²) in [7, 11) is 0. The molecule has 2 aromatic rings. The number of anilines is 1. The van der Waals surface area contributed by atoms with Crippen molar-refractivity contribution in [2.24, 2.45) is 5.92 Å². The number of nitrogens with one attached hydrogen (secondary N) is 1. The summed E-state index contributed by atoms with van der Waals surface area (Å²) in [4.78, 5) is 26.6. The molecule has 0 aromatic heterocycles. The molecule has 0 spiro atoms. The van der Waals surface area contributed by atoms with Gasteiger partial charge in [-0.3, -0.25) is 9.59 Å². The maximum absolute atomic E-state index is 12.5. The molecule has 6 heteroatoms. The van der Waals surface area contributed by atoms with Crippen molar-refractivity contribution in [1.82, 2.24) is 5.32 Å². The van der Waals surface area contributed by atoms with Gasteiger partial charge in [0.25, 0.3) is 0 Å². The highest BCUT2D eigenvalue weighted by Crippen LogP contribution is 2.37. The third-order valence-electron chi connectivity index (χ3n) is 5.58. The van der Waals surface area contributed by atoms with Gasteiger partial charge in [-0.15, -0.1) is 0 Å². The normalized spacial score (nSPS) is 17.7. The van der Waals surface area contributed by atoms with Gasteiger partial charge in [-0.2, -0.15) is 0 Å². The number of amides is 2. The van der Waals surface area contributed by atoms with Gasteiger partial charge in [0.15, 0.2) is 11.5 Å². The Bertz CT molecular complexity index is 940. The van der Waals surface area contributed by atoms with Gasteiger partial charge >= 0.3 is 0 Å². The fourth-order valence-electron chi connectivity index (χ4n) is 3.95. The standard InChI is InChI=1S/C23H26N2O4/c1-15-5-6-17(16(2)10-15)4-3-9-24-23(27)18-11-22(26)25(13-18)19-7-8-20-21(12-19)29-14-28-20/h5-8,10,12,18H,3-4,9,11,13-14H2,1-2H3,(H,24,27)/t18-/m0/s1. The van der Waals surface area contributed by atoms with E-state index in [1.807, 2.05) is 6.07 Å². The number of ether oxygens (including phenoxy) is 2. The van der Waals surface area contributed by atoms with Gasteiger partial charge in [-0.1, -0.05) is 23.8 Å². The minimum Gasteiger partial charge on any atom is -0.454 e. The fourth-order valence-corrected chi connectivity index (χ4v) is 3.95. The Morgan fingerprint density at radius 2 is 1.97 bits per heavy atom. The van der Waals surface area contributed by atoms with Crippen LogP contribution in [0.2, 0.25) is 0 Å². The van der Waals surface area contributed by atoms with Crippen molar-refractivity contribution < 1.29 is 19.1 Å². The van der Waals surface area contributed by atoms with E-state index in [4.69, 9.17) is 9.47 Å². The molecule has 1 atom stereocenters. The van der Waals surface area contributed by atoms with Crippen molar-refractivity contribution >= 4 is 17.5 Å². The van der Waals surface area contributed by atoms with Gasteiger partial charge in [-0.05, 0) is 49.9 Å². The number of rotatable bonds is 6. The van der Waals surface area contributed by atoms with Crippen LogP contribution in [0.25, 0.3) is 0 Å². The van der Waals surface area contributed by atoms with Gasteiger partial charge < -0.3 is 19.7 Å². The molecule has 2 heterocycles. The van der Waals surface area contributed by atoms with Crippen LogP contribution >= 0.6 is 0 Å². The molecule has 6 nitrogen and oxygen atoms in total. The minimum absolute atomic E-state index is 0.0423. The lowest BCUT2D eigenvalue weighted by atomic mass is 10.0. The van der Waals surface area contributed by atoms with E-state index in [-0.39, 0.29) is 30.9 Å².